The van der Waals surface area contributed by atoms with Gasteiger partial charge in [0, 0.05) is 12.6 Å². The maximum atomic E-state index is 12.8. The van der Waals surface area contributed by atoms with Crippen LogP contribution in [0, 0.1) is 5.82 Å². The van der Waals surface area contributed by atoms with Crippen molar-refractivity contribution in [3.05, 3.63) is 35.0 Å². The predicted octanol–water partition coefficient (Wildman–Crippen LogP) is 3.74. The topological polar surface area (TPSA) is 42.0 Å². The van der Waals surface area contributed by atoms with Crippen molar-refractivity contribution in [3.8, 4) is 11.3 Å². The van der Waals surface area contributed by atoms with Gasteiger partial charge in [-0.2, -0.15) is 13.2 Å². The molecule has 1 aromatic carbocycles. The number of rotatable bonds is 3. The van der Waals surface area contributed by atoms with E-state index in [-0.39, 0.29) is 16.4 Å². The Morgan fingerprint density at radius 2 is 1.85 bits per heavy atom. The number of benzene rings is 1. The van der Waals surface area contributed by atoms with Crippen LogP contribution in [0.4, 0.5) is 22.7 Å². The van der Waals surface area contributed by atoms with Crippen LogP contribution in [0.15, 0.2) is 24.3 Å². The molecule has 0 aliphatic heterocycles. The summed E-state index contributed by atoms with van der Waals surface area (Å²) >= 11 is 0.608. The molecule has 2 rings (SSSR count). The molecule has 0 saturated carbocycles. The zero-order valence-corrected chi connectivity index (χ0v) is 10.9. The van der Waals surface area contributed by atoms with Gasteiger partial charge < -0.3 is 5.32 Å². The average molecular weight is 304 g/mol. The van der Waals surface area contributed by atoms with Crippen LogP contribution in [0.5, 0.6) is 0 Å². The third-order valence-corrected chi connectivity index (χ3v) is 3.49. The first-order valence-electron chi connectivity index (χ1n) is 5.39. The number of hydrogen-bond acceptors (Lipinski definition) is 4. The number of nitrogens with one attached hydrogen (secondary N) is 1. The van der Waals surface area contributed by atoms with Gasteiger partial charge in [-0.05, 0) is 24.3 Å². The minimum atomic E-state index is -4.98. The average Bonchev–Trinajstić information content (AvgIpc) is 2.81. The second-order valence-electron chi connectivity index (χ2n) is 3.78. The summed E-state index contributed by atoms with van der Waals surface area (Å²) in [6.45, 7) is 0. The Bertz CT molecular complexity index is 634. The van der Waals surface area contributed by atoms with Crippen molar-refractivity contribution in [2.45, 2.75) is 6.18 Å². The lowest BCUT2D eigenvalue weighted by Crippen LogP contribution is -2.22. The van der Waals surface area contributed by atoms with Gasteiger partial charge >= 0.3 is 6.18 Å². The molecule has 0 aliphatic carbocycles. The summed E-state index contributed by atoms with van der Waals surface area (Å²) in [4.78, 5) is 14.8. The molecule has 106 valence electrons. The summed E-state index contributed by atoms with van der Waals surface area (Å²) in [5.74, 6) is -2.49. The lowest BCUT2D eigenvalue weighted by atomic mass is 10.1. The van der Waals surface area contributed by atoms with E-state index in [4.69, 9.17) is 0 Å². The lowest BCUT2D eigenvalue weighted by Gasteiger charge is -2.05. The third-order valence-electron chi connectivity index (χ3n) is 2.42. The molecule has 1 N–H and O–H groups in total. The highest BCUT2D eigenvalue weighted by Crippen LogP contribution is 2.35. The quantitative estimate of drug-likeness (QED) is 0.694. The van der Waals surface area contributed by atoms with Crippen molar-refractivity contribution in [1.82, 2.24) is 4.98 Å². The van der Waals surface area contributed by atoms with E-state index in [0.717, 1.165) is 12.1 Å². The SMILES string of the molecule is CNc1nc(-c2ccc(F)cc2)c(C(=O)C(F)(F)F)s1. The molecular weight excluding hydrogens is 296 g/mol. The van der Waals surface area contributed by atoms with Gasteiger partial charge in [0.15, 0.2) is 5.13 Å². The van der Waals surface area contributed by atoms with E-state index in [0.29, 0.717) is 11.3 Å². The van der Waals surface area contributed by atoms with Crippen LogP contribution in [0.25, 0.3) is 11.3 Å². The Labute approximate surface area is 115 Å². The first-order chi connectivity index (χ1) is 9.32. The molecule has 20 heavy (non-hydrogen) atoms. The number of carbonyl (C=O) groups is 1. The van der Waals surface area contributed by atoms with Gasteiger partial charge in [-0.1, -0.05) is 11.3 Å². The fraction of sp³-hybridized carbons (Fsp3) is 0.167. The van der Waals surface area contributed by atoms with E-state index in [2.05, 4.69) is 10.3 Å². The number of carbonyl (C=O) groups excluding carboxylic acids is 1. The Hall–Kier alpha value is -1.96. The standard InChI is InChI=1S/C12H8F4N2OS/c1-17-11-18-8(6-2-4-7(13)5-3-6)9(20-11)10(19)12(14,15)16/h2-5H,1H3,(H,17,18). The van der Waals surface area contributed by atoms with Crippen LogP contribution in [0.1, 0.15) is 9.67 Å². The maximum absolute atomic E-state index is 12.8. The number of nitrogens with zero attached hydrogens (tertiary/aromatic N) is 1. The monoisotopic (exact) mass is 304 g/mol. The van der Waals surface area contributed by atoms with Crippen LogP contribution in [0.2, 0.25) is 0 Å². The second-order valence-corrected chi connectivity index (χ2v) is 4.78. The molecule has 2 aromatic rings. The predicted molar refractivity (Wildman–Crippen MR) is 67.4 cm³/mol. The second kappa shape index (κ2) is 5.20. The molecule has 0 aliphatic rings. The molecule has 0 radical (unpaired) electrons. The Kier molecular flexibility index (Phi) is 3.76. The largest absolute Gasteiger partial charge is 0.455 e. The van der Waals surface area contributed by atoms with Crippen LogP contribution in [-0.4, -0.2) is 24.0 Å². The van der Waals surface area contributed by atoms with Crippen LogP contribution < -0.4 is 5.32 Å². The molecule has 3 nitrogen and oxygen atoms in total. The smallest absolute Gasteiger partial charge is 0.365 e. The van der Waals surface area contributed by atoms with Gasteiger partial charge in [-0.15, -0.1) is 0 Å². The third kappa shape index (κ3) is 2.79. The summed E-state index contributed by atoms with van der Waals surface area (Å²) in [5.41, 5.74) is 0.137. The summed E-state index contributed by atoms with van der Waals surface area (Å²) in [7, 11) is 1.48. The summed E-state index contributed by atoms with van der Waals surface area (Å²) in [5, 5.41) is 2.77. The Balaban J connectivity index is 2.55. The summed E-state index contributed by atoms with van der Waals surface area (Å²) < 4.78 is 50.5. The van der Waals surface area contributed by atoms with E-state index in [1.807, 2.05) is 0 Å². The minimum Gasteiger partial charge on any atom is -0.365 e. The molecule has 0 bridgehead atoms. The normalized spacial score (nSPS) is 11.4. The van der Waals surface area contributed by atoms with Gasteiger partial charge in [0.1, 0.15) is 10.7 Å². The molecule has 0 unspecified atom stereocenters. The van der Waals surface area contributed by atoms with Gasteiger partial charge in [0.05, 0.1) is 5.69 Å². The van der Waals surface area contributed by atoms with Gasteiger partial charge in [-0.3, -0.25) is 4.79 Å². The highest BCUT2D eigenvalue weighted by atomic mass is 32.1. The van der Waals surface area contributed by atoms with E-state index in [1.54, 1.807) is 0 Å². The number of halogens is 4. The lowest BCUT2D eigenvalue weighted by molar-refractivity contribution is -0.0882. The van der Waals surface area contributed by atoms with Crippen molar-refractivity contribution >= 4 is 22.3 Å². The molecule has 1 heterocycles. The fourth-order valence-corrected chi connectivity index (χ4v) is 2.41. The number of anilines is 1. The zero-order chi connectivity index (χ0) is 14.9. The highest BCUT2D eigenvalue weighted by molar-refractivity contribution is 7.18. The van der Waals surface area contributed by atoms with Gasteiger partial charge in [0.25, 0.3) is 5.78 Å². The molecule has 0 fully saturated rings. The van der Waals surface area contributed by atoms with Gasteiger partial charge in [-0.25, -0.2) is 9.37 Å². The molecule has 1 aromatic heterocycles. The van der Waals surface area contributed by atoms with Crippen LogP contribution >= 0.6 is 11.3 Å². The number of thiazole rings is 1. The minimum absolute atomic E-state index is 0.110. The first kappa shape index (κ1) is 14.4. The Morgan fingerprint density at radius 3 is 2.35 bits per heavy atom. The molecular formula is C12H8F4N2OS. The molecule has 8 heteroatoms. The van der Waals surface area contributed by atoms with Crippen molar-refractivity contribution in [2.75, 3.05) is 12.4 Å². The number of Topliss-reactive ketones (excluding diaryl/α,β-unsaturated/α-hetero) is 1. The van der Waals surface area contributed by atoms with E-state index >= 15 is 0 Å². The summed E-state index contributed by atoms with van der Waals surface area (Å²) in [6, 6.07) is 4.74. The summed E-state index contributed by atoms with van der Waals surface area (Å²) in [6.07, 6.45) is -4.98. The first-order valence-corrected chi connectivity index (χ1v) is 6.20. The van der Waals surface area contributed by atoms with Gasteiger partial charge in [0.2, 0.25) is 0 Å². The van der Waals surface area contributed by atoms with Crippen LogP contribution in [-0.2, 0) is 0 Å². The number of ketones is 1. The number of alkyl halides is 3. The zero-order valence-electron chi connectivity index (χ0n) is 10.1. The van der Waals surface area contributed by atoms with Crippen molar-refractivity contribution < 1.29 is 22.4 Å². The number of hydrogen-bond donors (Lipinski definition) is 1. The number of aromatic nitrogens is 1. The molecule has 0 saturated heterocycles. The molecule has 0 amide bonds. The van der Waals surface area contributed by atoms with Crippen molar-refractivity contribution in [2.24, 2.45) is 0 Å². The maximum Gasteiger partial charge on any atom is 0.455 e. The highest BCUT2D eigenvalue weighted by Gasteiger charge is 2.42. The fourth-order valence-electron chi connectivity index (χ4n) is 1.51. The van der Waals surface area contributed by atoms with Crippen molar-refractivity contribution in [1.29, 1.82) is 0 Å². The molecule has 0 atom stereocenters. The van der Waals surface area contributed by atoms with Crippen LogP contribution in [0.3, 0.4) is 0 Å². The van der Waals surface area contributed by atoms with E-state index in [1.165, 1.54) is 19.2 Å². The van der Waals surface area contributed by atoms with E-state index < -0.39 is 22.7 Å². The van der Waals surface area contributed by atoms with Crippen molar-refractivity contribution in [3.63, 3.8) is 0 Å². The Morgan fingerprint density at radius 1 is 1.25 bits per heavy atom. The molecule has 0 spiro atoms. The van der Waals surface area contributed by atoms with E-state index in [9.17, 15) is 22.4 Å².